The highest BCUT2D eigenvalue weighted by Gasteiger charge is 2.16. The quantitative estimate of drug-likeness (QED) is 0.773. The lowest BCUT2D eigenvalue weighted by Crippen LogP contribution is -2.39. The van der Waals surface area contributed by atoms with E-state index in [4.69, 9.17) is 0 Å². The summed E-state index contributed by atoms with van der Waals surface area (Å²) in [5, 5.41) is 18.6. The summed E-state index contributed by atoms with van der Waals surface area (Å²) in [6, 6.07) is 4.99. The smallest absolute Gasteiger partial charge is 0.157 e. The number of likely N-dealkylation sites (N-methyl/N-ethyl adjacent to an activating group) is 1. The Hall–Kier alpha value is -1.22. The molecule has 3 heteroatoms. The molecule has 0 spiro atoms. The van der Waals surface area contributed by atoms with Crippen LogP contribution in [-0.2, 0) is 6.42 Å². The van der Waals surface area contributed by atoms with Crippen LogP contribution in [0.5, 0.6) is 11.5 Å². The maximum absolute atomic E-state index is 9.36. The van der Waals surface area contributed by atoms with Crippen LogP contribution in [0.2, 0.25) is 0 Å². The Labute approximate surface area is 97.3 Å². The fourth-order valence-corrected chi connectivity index (χ4v) is 1.36. The molecule has 0 aliphatic carbocycles. The highest BCUT2D eigenvalue weighted by Crippen LogP contribution is 2.25. The molecule has 1 aromatic carbocycles. The van der Waals surface area contributed by atoms with E-state index >= 15 is 0 Å². The van der Waals surface area contributed by atoms with Gasteiger partial charge in [0, 0.05) is 12.1 Å². The zero-order valence-electron chi connectivity index (χ0n) is 10.5. The van der Waals surface area contributed by atoms with Gasteiger partial charge in [0.2, 0.25) is 0 Å². The number of hydrogen-bond donors (Lipinski definition) is 2. The fraction of sp³-hybridized carbons (Fsp3) is 0.538. The van der Waals surface area contributed by atoms with Gasteiger partial charge in [0.25, 0.3) is 0 Å². The molecule has 1 aromatic rings. The average molecular weight is 223 g/mol. The van der Waals surface area contributed by atoms with Crippen molar-refractivity contribution in [2.75, 3.05) is 13.6 Å². The number of phenols is 2. The third kappa shape index (κ3) is 3.42. The molecular weight excluding hydrogens is 202 g/mol. The summed E-state index contributed by atoms with van der Waals surface area (Å²) in [4.78, 5) is 2.26. The van der Waals surface area contributed by atoms with Crippen LogP contribution in [0.3, 0.4) is 0 Å². The summed E-state index contributed by atoms with van der Waals surface area (Å²) in [5.74, 6) is -0.108. The van der Waals surface area contributed by atoms with E-state index in [1.54, 1.807) is 6.07 Å². The number of rotatable bonds is 3. The fourth-order valence-electron chi connectivity index (χ4n) is 1.36. The lowest BCUT2D eigenvalue weighted by Gasteiger charge is -2.31. The van der Waals surface area contributed by atoms with Gasteiger partial charge < -0.3 is 15.1 Å². The van der Waals surface area contributed by atoms with Crippen molar-refractivity contribution in [3.8, 4) is 11.5 Å². The Morgan fingerprint density at radius 1 is 1.12 bits per heavy atom. The first-order valence-corrected chi connectivity index (χ1v) is 5.53. The van der Waals surface area contributed by atoms with Crippen LogP contribution in [0.25, 0.3) is 0 Å². The maximum atomic E-state index is 9.36. The molecule has 3 nitrogen and oxygen atoms in total. The van der Waals surface area contributed by atoms with Crippen molar-refractivity contribution in [1.82, 2.24) is 4.90 Å². The number of hydrogen-bond acceptors (Lipinski definition) is 3. The van der Waals surface area contributed by atoms with Gasteiger partial charge in [-0.25, -0.2) is 0 Å². The molecule has 16 heavy (non-hydrogen) atoms. The monoisotopic (exact) mass is 223 g/mol. The van der Waals surface area contributed by atoms with Crippen molar-refractivity contribution in [3.05, 3.63) is 23.8 Å². The van der Waals surface area contributed by atoms with Gasteiger partial charge >= 0.3 is 0 Å². The lowest BCUT2D eigenvalue weighted by atomic mass is 10.1. The normalized spacial score (nSPS) is 12.1. The molecule has 0 aromatic heterocycles. The van der Waals surface area contributed by atoms with Crippen molar-refractivity contribution >= 4 is 0 Å². The third-order valence-corrected chi connectivity index (χ3v) is 2.92. The predicted octanol–water partition coefficient (Wildman–Crippen LogP) is 2.37. The van der Waals surface area contributed by atoms with Gasteiger partial charge in [0.15, 0.2) is 11.5 Å². The van der Waals surface area contributed by atoms with E-state index in [1.165, 1.54) is 6.07 Å². The second-order valence-corrected chi connectivity index (χ2v) is 5.17. The van der Waals surface area contributed by atoms with Gasteiger partial charge in [0.1, 0.15) is 0 Å². The third-order valence-electron chi connectivity index (χ3n) is 2.92. The van der Waals surface area contributed by atoms with Crippen molar-refractivity contribution in [3.63, 3.8) is 0 Å². The molecule has 1 rings (SSSR count). The summed E-state index contributed by atoms with van der Waals surface area (Å²) in [6.07, 6.45) is 0.863. The second kappa shape index (κ2) is 4.74. The highest BCUT2D eigenvalue weighted by molar-refractivity contribution is 5.40. The van der Waals surface area contributed by atoms with Crippen LogP contribution in [0.1, 0.15) is 26.3 Å². The first-order chi connectivity index (χ1) is 7.30. The number of benzene rings is 1. The van der Waals surface area contributed by atoms with E-state index in [2.05, 4.69) is 32.7 Å². The molecule has 0 atom stereocenters. The van der Waals surface area contributed by atoms with E-state index < -0.39 is 0 Å². The molecule has 0 heterocycles. The number of aromatic hydroxyl groups is 2. The molecule has 0 bridgehead atoms. The maximum Gasteiger partial charge on any atom is 0.157 e. The zero-order chi connectivity index (χ0) is 12.3. The molecule has 0 unspecified atom stereocenters. The molecule has 0 fully saturated rings. The Morgan fingerprint density at radius 2 is 1.75 bits per heavy atom. The Balaban J connectivity index is 2.58. The van der Waals surface area contributed by atoms with Gasteiger partial charge in [0.05, 0.1) is 0 Å². The van der Waals surface area contributed by atoms with Crippen LogP contribution >= 0.6 is 0 Å². The van der Waals surface area contributed by atoms with E-state index in [0.717, 1.165) is 18.5 Å². The molecule has 0 aliphatic rings. The minimum atomic E-state index is -0.0621. The molecule has 2 N–H and O–H groups in total. The SMILES string of the molecule is CN(CCc1ccc(O)c(O)c1)C(C)(C)C. The minimum Gasteiger partial charge on any atom is -0.504 e. The van der Waals surface area contributed by atoms with Crippen molar-refractivity contribution in [2.45, 2.75) is 32.7 Å². The Bertz CT molecular complexity index is 355. The summed E-state index contributed by atoms with van der Waals surface area (Å²) in [5.41, 5.74) is 1.19. The van der Waals surface area contributed by atoms with Gasteiger partial charge in [-0.1, -0.05) is 6.07 Å². The first-order valence-electron chi connectivity index (χ1n) is 5.53. The highest BCUT2D eigenvalue weighted by atomic mass is 16.3. The van der Waals surface area contributed by atoms with Crippen LogP contribution in [-0.4, -0.2) is 34.2 Å². The predicted molar refractivity (Wildman–Crippen MR) is 65.9 cm³/mol. The van der Waals surface area contributed by atoms with Crippen molar-refractivity contribution in [1.29, 1.82) is 0 Å². The van der Waals surface area contributed by atoms with Gasteiger partial charge in [-0.2, -0.15) is 0 Å². The van der Waals surface area contributed by atoms with Crippen LogP contribution in [0, 0.1) is 0 Å². The van der Waals surface area contributed by atoms with Crippen LogP contribution < -0.4 is 0 Å². The standard InChI is InChI=1S/C13H21NO2/c1-13(2,3)14(4)8-7-10-5-6-11(15)12(16)9-10/h5-6,9,15-16H,7-8H2,1-4H3. The van der Waals surface area contributed by atoms with E-state index in [-0.39, 0.29) is 17.0 Å². The summed E-state index contributed by atoms with van der Waals surface area (Å²) in [6.45, 7) is 7.43. The molecule has 0 aliphatic heterocycles. The topological polar surface area (TPSA) is 43.7 Å². The molecular formula is C13H21NO2. The van der Waals surface area contributed by atoms with Gasteiger partial charge in [-0.05, 0) is 51.9 Å². The summed E-state index contributed by atoms with van der Waals surface area (Å²) >= 11 is 0. The average Bonchev–Trinajstić information content (AvgIpc) is 2.18. The molecule has 0 saturated carbocycles. The molecule has 0 radical (unpaired) electrons. The van der Waals surface area contributed by atoms with E-state index in [9.17, 15) is 10.2 Å². The Morgan fingerprint density at radius 3 is 2.25 bits per heavy atom. The largest absolute Gasteiger partial charge is 0.504 e. The van der Waals surface area contributed by atoms with Crippen molar-refractivity contribution < 1.29 is 10.2 Å². The Kier molecular flexibility index (Phi) is 3.81. The zero-order valence-corrected chi connectivity index (χ0v) is 10.5. The lowest BCUT2D eigenvalue weighted by molar-refractivity contribution is 0.178. The number of phenolic OH excluding ortho intramolecular Hbond substituents is 2. The van der Waals surface area contributed by atoms with E-state index in [0.29, 0.717) is 0 Å². The number of nitrogens with zero attached hydrogens (tertiary/aromatic N) is 1. The van der Waals surface area contributed by atoms with Crippen LogP contribution in [0.15, 0.2) is 18.2 Å². The van der Waals surface area contributed by atoms with Gasteiger partial charge in [-0.3, -0.25) is 0 Å². The molecule has 90 valence electrons. The van der Waals surface area contributed by atoms with Gasteiger partial charge in [-0.15, -0.1) is 0 Å². The molecule has 0 saturated heterocycles. The summed E-state index contributed by atoms with van der Waals surface area (Å²) < 4.78 is 0. The van der Waals surface area contributed by atoms with E-state index in [1.807, 2.05) is 6.07 Å². The molecule has 0 amide bonds. The minimum absolute atomic E-state index is 0.0455. The van der Waals surface area contributed by atoms with Crippen LogP contribution in [0.4, 0.5) is 0 Å². The van der Waals surface area contributed by atoms with Crippen molar-refractivity contribution in [2.24, 2.45) is 0 Å². The second-order valence-electron chi connectivity index (χ2n) is 5.17. The summed E-state index contributed by atoms with van der Waals surface area (Å²) in [7, 11) is 2.08. The first kappa shape index (κ1) is 12.8.